The van der Waals surface area contributed by atoms with E-state index < -0.39 is 0 Å². The highest BCUT2D eigenvalue weighted by Crippen LogP contribution is 2.31. The Kier molecular flexibility index (Phi) is 4.48. The molecule has 120 valence electrons. The molecule has 1 saturated carbocycles. The topological polar surface area (TPSA) is 56.2 Å². The van der Waals surface area contributed by atoms with Crippen LogP contribution in [0.15, 0.2) is 18.5 Å². The van der Waals surface area contributed by atoms with Crippen LogP contribution in [0.3, 0.4) is 0 Å². The van der Waals surface area contributed by atoms with E-state index in [2.05, 4.69) is 31.2 Å². The maximum absolute atomic E-state index is 6.40. The quantitative estimate of drug-likeness (QED) is 0.867. The average molecular weight is 300 g/mol. The van der Waals surface area contributed by atoms with Crippen molar-refractivity contribution < 1.29 is 0 Å². The summed E-state index contributed by atoms with van der Waals surface area (Å²) in [7, 11) is 0. The molecule has 2 N–H and O–H groups in total. The van der Waals surface area contributed by atoms with Gasteiger partial charge in [-0.3, -0.25) is 0 Å². The molecule has 4 heteroatoms. The maximum atomic E-state index is 6.40. The summed E-state index contributed by atoms with van der Waals surface area (Å²) in [6, 6.07) is 2.15. The first-order chi connectivity index (χ1) is 10.6. The van der Waals surface area contributed by atoms with Crippen molar-refractivity contribution in [3.05, 3.63) is 29.7 Å². The van der Waals surface area contributed by atoms with Crippen molar-refractivity contribution in [2.75, 3.05) is 0 Å². The summed E-state index contributed by atoms with van der Waals surface area (Å²) < 4.78 is 1.87. The van der Waals surface area contributed by atoms with Crippen molar-refractivity contribution in [1.82, 2.24) is 14.6 Å². The standard InChI is InChI=1S/C18H28N4/c1-14-13-20-22-12-9-16(21-17(14)22)15-7-4-3-5-10-18(2,19)11-6-8-15/h9,12-13,15H,3-8,10-11,19H2,1-2H3. The van der Waals surface area contributed by atoms with E-state index in [-0.39, 0.29) is 5.54 Å². The fourth-order valence-corrected chi connectivity index (χ4v) is 3.64. The van der Waals surface area contributed by atoms with Gasteiger partial charge in [0, 0.05) is 28.9 Å². The second-order valence-electron chi connectivity index (χ2n) is 7.29. The molecular weight excluding hydrogens is 272 g/mol. The number of fused-ring (bicyclic) bond motifs is 1. The first kappa shape index (κ1) is 15.5. The van der Waals surface area contributed by atoms with Crippen LogP contribution in [-0.4, -0.2) is 20.1 Å². The van der Waals surface area contributed by atoms with Gasteiger partial charge in [-0.15, -0.1) is 0 Å². The normalized spacial score (nSPS) is 27.9. The van der Waals surface area contributed by atoms with Gasteiger partial charge in [0.2, 0.25) is 0 Å². The van der Waals surface area contributed by atoms with Crippen LogP contribution >= 0.6 is 0 Å². The molecule has 0 saturated heterocycles. The number of hydrogen-bond acceptors (Lipinski definition) is 3. The summed E-state index contributed by atoms with van der Waals surface area (Å²) in [5.41, 5.74) is 9.80. The highest BCUT2D eigenvalue weighted by Gasteiger charge is 2.21. The third kappa shape index (κ3) is 3.49. The van der Waals surface area contributed by atoms with Gasteiger partial charge in [-0.1, -0.05) is 25.7 Å². The van der Waals surface area contributed by atoms with Gasteiger partial charge in [0.15, 0.2) is 5.65 Å². The highest BCUT2D eigenvalue weighted by molar-refractivity contribution is 5.45. The molecule has 4 nitrogen and oxygen atoms in total. The molecule has 0 spiro atoms. The van der Waals surface area contributed by atoms with E-state index in [1.807, 2.05) is 10.7 Å². The SMILES string of the molecule is Cc1cnn2ccc(C3CCCCCC(C)(N)CCC3)nc12. The first-order valence-corrected chi connectivity index (χ1v) is 8.65. The lowest BCUT2D eigenvalue weighted by molar-refractivity contribution is 0.341. The molecule has 1 aliphatic carbocycles. The molecular formula is C18H28N4. The van der Waals surface area contributed by atoms with Crippen LogP contribution in [-0.2, 0) is 0 Å². The molecule has 1 aliphatic rings. The Balaban J connectivity index is 1.79. The van der Waals surface area contributed by atoms with Crippen LogP contribution in [0, 0.1) is 6.92 Å². The lowest BCUT2D eigenvalue weighted by atomic mass is 9.83. The van der Waals surface area contributed by atoms with Gasteiger partial charge in [0.05, 0.1) is 6.20 Å². The van der Waals surface area contributed by atoms with Crippen LogP contribution in [0.2, 0.25) is 0 Å². The Bertz CT molecular complexity index is 629. The second-order valence-corrected chi connectivity index (χ2v) is 7.29. The summed E-state index contributed by atoms with van der Waals surface area (Å²) in [6.45, 7) is 4.29. The number of aryl methyl sites for hydroxylation is 1. The van der Waals surface area contributed by atoms with Gasteiger partial charge in [-0.05, 0) is 45.6 Å². The van der Waals surface area contributed by atoms with Gasteiger partial charge < -0.3 is 5.73 Å². The lowest BCUT2D eigenvalue weighted by Crippen LogP contribution is -2.36. The van der Waals surface area contributed by atoms with Crippen LogP contribution in [0.25, 0.3) is 5.65 Å². The number of rotatable bonds is 1. The maximum Gasteiger partial charge on any atom is 0.158 e. The third-order valence-corrected chi connectivity index (χ3v) is 5.09. The Morgan fingerprint density at radius 3 is 2.82 bits per heavy atom. The fraction of sp³-hybridized carbons (Fsp3) is 0.667. The molecule has 2 aromatic rings. The van der Waals surface area contributed by atoms with E-state index in [1.165, 1.54) is 44.2 Å². The van der Waals surface area contributed by atoms with E-state index in [0.29, 0.717) is 5.92 Å². The average Bonchev–Trinajstić information content (AvgIpc) is 2.86. The largest absolute Gasteiger partial charge is 0.325 e. The number of hydrogen-bond donors (Lipinski definition) is 1. The molecule has 0 radical (unpaired) electrons. The summed E-state index contributed by atoms with van der Waals surface area (Å²) in [5.74, 6) is 0.563. The molecule has 0 bridgehead atoms. The molecule has 22 heavy (non-hydrogen) atoms. The minimum absolute atomic E-state index is 0.0152. The van der Waals surface area contributed by atoms with Crippen molar-refractivity contribution in [2.24, 2.45) is 5.73 Å². The van der Waals surface area contributed by atoms with Crippen LogP contribution in [0.4, 0.5) is 0 Å². The molecule has 0 aromatic carbocycles. The van der Waals surface area contributed by atoms with Crippen molar-refractivity contribution in [3.63, 3.8) is 0 Å². The lowest BCUT2D eigenvalue weighted by Gasteiger charge is -2.27. The monoisotopic (exact) mass is 300 g/mol. The van der Waals surface area contributed by atoms with Crippen molar-refractivity contribution in [2.45, 2.75) is 76.7 Å². The molecule has 2 unspecified atom stereocenters. The van der Waals surface area contributed by atoms with E-state index in [0.717, 1.165) is 24.1 Å². The molecule has 2 aromatic heterocycles. The van der Waals surface area contributed by atoms with E-state index in [1.54, 1.807) is 0 Å². The molecule has 0 amide bonds. The Morgan fingerprint density at radius 1 is 1.18 bits per heavy atom. The van der Waals surface area contributed by atoms with Crippen molar-refractivity contribution in [3.8, 4) is 0 Å². The van der Waals surface area contributed by atoms with Gasteiger partial charge in [-0.25, -0.2) is 9.50 Å². The zero-order valence-electron chi connectivity index (χ0n) is 13.9. The number of aromatic nitrogens is 3. The molecule has 2 heterocycles. The Hall–Kier alpha value is -1.42. The predicted octanol–water partition coefficient (Wildman–Crippen LogP) is 3.97. The van der Waals surface area contributed by atoms with E-state index >= 15 is 0 Å². The number of nitrogens with zero attached hydrogens (tertiary/aromatic N) is 3. The molecule has 3 rings (SSSR count). The van der Waals surface area contributed by atoms with Gasteiger partial charge in [0.1, 0.15) is 0 Å². The fourth-order valence-electron chi connectivity index (χ4n) is 3.64. The first-order valence-electron chi connectivity index (χ1n) is 8.65. The van der Waals surface area contributed by atoms with Gasteiger partial charge in [0.25, 0.3) is 0 Å². The summed E-state index contributed by atoms with van der Waals surface area (Å²) in [4.78, 5) is 4.89. The van der Waals surface area contributed by atoms with Crippen LogP contribution in [0.5, 0.6) is 0 Å². The highest BCUT2D eigenvalue weighted by atomic mass is 15.2. The summed E-state index contributed by atoms with van der Waals surface area (Å²) >= 11 is 0. The minimum atomic E-state index is 0.0152. The van der Waals surface area contributed by atoms with Gasteiger partial charge >= 0.3 is 0 Å². The van der Waals surface area contributed by atoms with E-state index in [4.69, 9.17) is 10.7 Å². The van der Waals surface area contributed by atoms with Crippen molar-refractivity contribution >= 4 is 5.65 Å². The third-order valence-electron chi connectivity index (χ3n) is 5.09. The van der Waals surface area contributed by atoms with Crippen molar-refractivity contribution in [1.29, 1.82) is 0 Å². The second kappa shape index (κ2) is 6.37. The smallest absolute Gasteiger partial charge is 0.158 e. The Labute approximate surface area is 133 Å². The predicted molar refractivity (Wildman–Crippen MR) is 90.0 cm³/mol. The molecule has 1 fully saturated rings. The van der Waals surface area contributed by atoms with Crippen LogP contribution in [0.1, 0.15) is 75.5 Å². The number of nitrogens with two attached hydrogens (primary N) is 1. The Morgan fingerprint density at radius 2 is 1.95 bits per heavy atom. The minimum Gasteiger partial charge on any atom is -0.325 e. The van der Waals surface area contributed by atoms with E-state index in [9.17, 15) is 0 Å². The molecule has 2 atom stereocenters. The molecule has 0 aliphatic heterocycles. The summed E-state index contributed by atoms with van der Waals surface area (Å²) in [6.07, 6.45) is 13.7. The zero-order valence-corrected chi connectivity index (χ0v) is 13.9. The summed E-state index contributed by atoms with van der Waals surface area (Å²) in [5, 5.41) is 4.32. The van der Waals surface area contributed by atoms with Crippen LogP contribution < -0.4 is 5.73 Å². The zero-order chi connectivity index (χ0) is 15.6. The van der Waals surface area contributed by atoms with Gasteiger partial charge in [-0.2, -0.15) is 5.10 Å².